The number of hydrogen-bond donors (Lipinski definition) is 0. The van der Waals surface area contributed by atoms with Gasteiger partial charge in [0.25, 0.3) is 11.8 Å². The van der Waals surface area contributed by atoms with E-state index in [1.807, 2.05) is 18.7 Å². The van der Waals surface area contributed by atoms with E-state index >= 15 is 0 Å². The van der Waals surface area contributed by atoms with Crippen LogP contribution in [0.2, 0.25) is 0 Å². The van der Waals surface area contributed by atoms with Crippen LogP contribution in [0.4, 0.5) is 10.1 Å². The minimum atomic E-state index is -0.605. The molecule has 7 heteroatoms. The van der Waals surface area contributed by atoms with Gasteiger partial charge in [0.15, 0.2) is 0 Å². The molecule has 0 unspecified atom stereocenters. The second-order valence-corrected chi connectivity index (χ2v) is 8.23. The number of carbonyl (C=O) groups is 2. The van der Waals surface area contributed by atoms with E-state index in [0.29, 0.717) is 35.7 Å². The Balaban J connectivity index is 1.75. The van der Waals surface area contributed by atoms with Crippen LogP contribution in [0.3, 0.4) is 0 Å². The highest BCUT2D eigenvalue weighted by molar-refractivity contribution is 6.45. The fourth-order valence-electron chi connectivity index (χ4n) is 4.18. The first kappa shape index (κ1) is 22.0. The van der Waals surface area contributed by atoms with Gasteiger partial charge in [-0.3, -0.25) is 9.59 Å². The smallest absolute Gasteiger partial charge is 0.282 e. The molecule has 168 valence electrons. The van der Waals surface area contributed by atoms with Crippen molar-refractivity contribution in [2.75, 3.05) is 37.6 Å². The molecule has 2 aliphatic rings. The Morgan fingerprint density at radius 3 is 2.19 bits per heavy atom. The van der Waals surface area contributed by atoms with E-state index in [2.05, 4.69) is 11.8 Å². The standard InChI is InChI=1S/C25H28FN3O3/c1-4-27-13-15-28(16-14-27)23-22(18-9-11-19(12-10-18)32-17(2)3)24(30)29(25(23)31)21-8-6-5-7-20(21)26/h5-12,17H,4,13-16H2,1-3H3. The Bertz CT molecular complexity index is 1040. The topological polar surface area (TPSA) is 53.1 Å². The van der Waals surface area contributed by atoms with E-state index in [1.54, 1.807) is 30.3 Å². The van der Waals surface area contributed by atoms with E-state index in [9.17, 15) is 14.0 Å². The lowest BCUT2D eigenvalue weighted by atomic mass is 10.0. The van der Waals surface area contributed by atoms with Crippen molar-refractivity contribution >= 4 is 23.1 Å². The van der Waals surface area contributed by atoms with Gasteiger partial charge in [-0.1, -0.05) is 31.2 Å². The maximum Gasteiger partial charge on any atom is 0.282 e. The van der Waals surface area contributed by atoms with Crippen molar-refractivity contribution in [1.82, 2.24) is 9.80 Å². The number of likely N-dealkylation sites (N-methyl/N-ethyl adjacent to an activating group) is 1. The molecule has 0 radical (unpaired) electrons. The van der Waals surface area contributed by atoms with E-state index < -0.39 is 17.6 Å². The van der Waals surface area contributed by atoms with E-state index in [0.717, 1.165) is 24.5 Å². The highest BCUT2D eigenvalue weighted by Gasteiger charge is 2.43. The first-order chi connectivity index (χ1) is 15.4. The van der Waals surface area contributed by atoms with Crippen LogP contribution < -0.4 is 9.64 Å². The summed E-state index contributed by atoms with van der Waals surface area (Å²) in [7, 11) is 0. The number of amides is 2. The average Bonchev–Trinajstić information content (AvgIpc) is 3.04. The molecule has 0 aliphatic carbocycles. The third-order valence-electron chi connectivity index (χ3n) is 5.80. The van der Waals surface area contributed by atoms with Gasteiger partial charge in [0.05, 0.1) is 17.4 Å². The molecule has 0 aromatic heterocycles. The van der Waals surface area contributed by atoms with Gasteiger partial charge in [-0.15, -0.1) is 0 Å². The molecule has 1 fully saturated rings. The zero-order chi connectivity index (χ0) is 22.8. The summed E-state index contributed by atoms with van der Waals surface area (Å²) < 4.78 is 20.3. The number of imide groups is 1. The number of anilines is 1. The lowest BCUT2D eigenvalue weighted by Crippen LogP contribution is -2.47. The van der Waals surface area contributed by atoms with Gasteiger partial charge in [0.2, 0.25) is 0 Å². The number of carbonyl (C=O) groups excluding carboxylic acids is 2. The van der Waals surface area contributed by atoms with Gasteiger partial charge < -0.3 is 14.5 Å². The molecule has 0 bridgehead atoms. The number of benzene rings is 2. The van der Waals surface area contributed by atoms with Crippen molar-refractivity contribution in [3.05, 3.63) is 65.6 Å². The lowest BCUT2D eigenvalue weighted by molar-refractivity contribution is -0.120. The summed E-state index contributed by atoms with van der Waals surface area (Å²) in [6.45, 7) is 9.78. The minimum absolute atomic E-state index is 0.0247. The SMILES string of the molecule is CCN1CCN(C2=C(c3ccc(OC(C)C)cc3)C(=O)N(c3ccccc3F)C2=O)CC1. The van der Waals surface area contributed by atoms with Crippen molar-refractivity contribution < 1.29 is 18.7 Å². The molecule has 2 aliphatic heterocycles. The van der Waals surface area contributed by atoms with Gasteiger partial charge >= 0.3 is 0 Å². The molecule has 0 atom stereocenters. The van der Waals surface area contributed by atoms with Crippen LogP contribution >= 0.6 is 0 Å². The third-order valence-corrected chi connectivity index (χ3v) is 5.80. The molecule has 2 aromatic carbocycles. The first-order valence-electron chi connectivity index (χ1n) is 11.0. The molecule has 0 spiro atoms. The number of hydrogen-bond acceptors (Lipinski definition) is 5. The maximum absolute atomic E-state index is 14.6. The van der Waals surface area contributed by atoms with E-state index in [4.69, 9.17) is 4.74 Å². The van der Waals surface area contributed by atoms with Crippen LogP contribution in [0.15, 0.2) is 54.2 Å². The fraction of sp³-hybridized carbons (Fsp3) is 0.360. The highest BCUT2D eigenvalue weighted by atomic mass is 19.1. The second-order valence-electron chi connectivity index (χ2n) is 8.23. The quantitative estimate of drug-likeness (QED) is 0.647. The summed E-state index contributed by atoms with van der Waals surface area (Å²) in [6.07, 6.45) is 0.0247. The number of para-hydroxylation sites is 1. The molecule has 2 heterocycles. The summed E-state index contributed by atoms with van der Waals surface area (Å²) in [5.41, 5.74) is 1.24. The Labute approximate surface area is 187 Å². The molecule has 0 saturated carbocycles. The molecule has 6 nitrogen and oxygen atoms in total. The van der Waals surface area contributed by atoms with Crippen molar-refractivity contribution in [3.63, 3.8) is 0 Å². The van der Waals surface area contributed by atoms with E-state index in [1.165, 1.54) is 18.2 Å². The Morgan fingerprint density at radius 2 is 1.59 bits per heavy atom. The van der Waals surface area contributed by atoms with E-state index in [-0.39, 0.29) is 11.8 Å². The molecule has 2 amide bonds. The maximum atomic E-state index is 14.6. The van der Waals surface area contributed by atoms with Gasteiger partial charge in [-0.2, -0.15) is 0 Å². The van der Waals surface area contributed by atoms with Gasteiger partial charge in [0, 0.05) is 26.2 Å². The van der Waals surface area contributed by atoms with Gasteiger partial charge in [-0.25, -0.2) is 9.29 Å². The zero-order valence-corrected chi connectivity index (χ0v) is 18.7. The predicted octanol–water partition coefficient (Wildman–Crippen LogP) is 3.53. The monoisotopic (exact) mass is 437 g/mol. The number of rotatable bonds is 6. The molecule has 32 heavy (non-hydrogen) atoms. The van der Waals surface area contributed by atoms with Crippen molar-refractivity contribution in [2.45, 2.75) is 26.9 Å². The predicted molar refractivity (Wildman–Crippen MR) is 122 cm³/mol. The fourth-order valence-corrected chi connectivity index (χ4v) is 4.18. The van der Waals surface area contributed by atoms with Gasteiger partial charge in [-0.05, 0) is 50.2 Å². The number of halogens is 1. The van der Waals surface area contributed by atoms with Crippen molar-refractivity contribution in [3.8, 4) is 5.75 Å². The Hall–Kier alpha value is -3.19. The Kier molecular flexibility index (Phi) is 6.28. The number of piperazine rings is 1. The van der Waals surface area contributed by atoms with Crippen LogP contribution in [0, 0.1) is 5.82 Å². The summed E-state index contributed by atoms with van der Waals surface area (Å²) >= 11 is 0. The van der Waals surface area contributed by atoms with Crippen molar-refractivity contribution in [2.24, 2.45) is 0 Å². The third kappa shape index (κ3) is 4.12. The lowest BCUT2D eigenvalue weighted by Gasteiger charge is -2.36. The normalized spacial score (nSPS) is 17.7. The second kappa shape index (κ2) is 9.12. The number of ether oxygens (including phenoxy) is 1. The molecule has 0 N–H and O–H groups in total. The van der Waals surface area contributed by atoms with Crippen LogP contribution in [0.5, 0.6) is 5.75 Å². The average molecular weight is 438 g/mol. The van der Waals surface area contributed by atoms with Crippen molar-refractivity contribution in [1.29, 1.82) is 0 Å². The first-order valence-corrected chi connectivity index (χ1v) is 11.0. The Morgan fingerprint density at radius 1 is 0.938 bits per heavy atom. The van der Waals surface area contributed by atoms with Crippen LogP contribution in [0.1, 0.15) is 26.3 Å². The molecule has 2 aromatic rings. The molecule has 4 rings (SSSR count). The number of nitrogens with zero attached hydrogens (tertiary/aromatic N) is 3. The largest absolute Gasteiger partial charge is 0.491 e. The van der Waals surface area contributed by atoms with Crippen LogP contribution in [0.25, 0.3) is 5.57 Å². The van der Waals surface area contributed by atoms with Crippen LogP contribution in [-0.2, 0) is 9.59 Å². The summed E-state index contributed by atoms with van der Waals surface area (Å²) in [5.74, 6) is -0.912. The summed E-state index contributed by atoms with van der Waals surface area (Å²) in [5, 5.41) is 0. The zero-order valence-electron chi connectivity index (χ0n) is 18.7. The summed E-state index contributed by atoms with van der Waals surface area (Å²) in [4.78, 5) is 32.3. The minimum Gasteiger partial charge on any atom is -0.491 e. The highest BCUT2D eigenvalue weighted by Crippen LogP contribution is 2.36. The molecular formula is C25H28FN3O3. The van der Waals surface area contributed by atoms with Gasteiger partial charge in [0.1, 0.15) is 17.3 Å². The summed E-state index contributed by atoms with van der Waals surface area (Å²) in [6, 6.07) is 13.0. The molecular weight excluding hydrogens is 409 g/mol. The molecule has 1 saturated heterocycles. The van der Waals surface area contributed by atoms with Crippen LogP contribution in [-0.4, -0.2) is 60.4 Å².